The van der Waals surface area contributed by atoms with Gasteiger partial charge in [0.2, 0.25) is 11.8 Å². The van der Waals surface area contributed by atoms with Crippen molar-refractivity contribution in [3.8, 4) is 0 Å². The number of carbonyl (C=O) groups excluding carboxylic acids is 5. The van der Waals surface area contributed by atoms with Crippen molar-refractivity contribution in [2.75, 3.05) is 39.3 Å². The second kappa shape index (κ2) is 37.3. The number of nitrogens with one attached hydrogen (secondary N) is 3. The van der Waals surface area contributed by atoms with Crippen molar-refractivity contribution in [2.45, 2.75) is 223 Å². The number of hydrogen-bond acceptors (Lipinski definition) is 11. The Morgan fingerprint density at radius 1 is 0.538 bits per heavy atom. The van der Waals surface area contributed by atoms with E-state index < -0.39 is 53.3 Å². The molecule has 2 saturated heterocycles. The Bertz CT molecular complexity index is 3120. The molecule has 4 aliphatic carbocycles. The lowest BCUT2D eigenvalue weighted by Gasteiger charge is -2.30. The zero-order valence-electron chi connectivity index (χ0n) is 52.9. The zero-order valence-corrected chi connectivity index (χ0v) is 54.5. The summed E-state index contributed by atoms with van der Waals surface area (Å²) in [5.41, 5.74) is 12.4. The molecular formula is C72H94Cl2F4N8O5. The Balaban J connectivity index is 0.000000213. The standard InChI is InChI=1S/C36H47ClF2N4O2.C30H37ClF2N4O2.C6H10O/c37-29-14-16-32-28(29)21-26(24-40-32)13-17-35(44)34(23-25-12-15-30(38)31(39)22-25)42-36(45)33(41-27-9-3-1-4-10-27)11-5-8-20-43-18-6-2-7-19-43;31-23-9-11-27-22(23)16-21(19-35-27)8-12-29(38)28(18-20-7-10-24(32)25(33)17-20)36-30(39)26(34)6-2-5-15-37-13-3-1-4-14-37;7-6-4-2-1-3-5-6/h12,14-15,21-22,24,27,33-34,41H,1-11,13,16-20,23H2,(H,42,45);7,9-10,16-17,19,26,28H,1-6,8,11-15,18,34H2,(H,36,39);1-5H2/t33-,34+;26-,28+;/m11./s1. The zero-order chi connectivity index (χ0) is 64.5. The number of amides is 2. The van der Waals surface area contributed by atoms with Crippen LogP contribution in [0.3, 0.4) is 0 Å². The van der Waals surface area contributed by atoms with Crippen LogP contribution in [0.2, 0.25) is 0 Å². The lowest BCUT2D eigenvalue weighted by atomic mass is 9.93. The molecule has 2 amide bonds. The predicted molar refractivity (Wildman–Crippen MR) is 352 cm³/mol. The minimum Gasteiger partial charge on any atom is -0.345 e. The molecule has 13 nitrogen and oxygen atoms in total. The number of Topliss-reactive ketones (excluding diaryl/α,β-unsaturated/α-hetero) is 3. The average molecular weight is 1300 g/mol. The summed E-state index contributed by atoms with van der Waals surface area (Å²) in [6.45, 7) is 6.63. The molecule has 4 atom stereocenters. The third-order valence-electron chi connectivity index (χ3n) is 18.6. The molecule has 6 aliphatic rings. The molecule has 0 unspecified atom stereocenters. The van der Waals surface area contributed by atoms with E-state index in [0.717, 1.165) is 174 Å². The van der Waals surface area contributed by atoms with E-state index in [1.807, 2.05) is 24.3 Å². The highest BCUT2D eigenvalue weighted by Crippen LogP contribution is 2.31. The number of ketones is 3. The number of halogens is 6. The molecule has 10 rings (SSSR count). The van der Waals surface area contributed by atoms with Gasteiger partial charge in [-0.2, -0.15) is 0 Å². The smallest absolute Gasteiger partial charge is 0.237 e. The van der Waals surface area contributed by atoms with Crippen LogP contribution in [0.4, 0.5) is 17.6 Å². The van der Waals surface area contributed by atoms with E-state index in [4.69, 9.17) is 28.9 Å². The van der Waals surface area contributed by atoms with Crippen molar-refractivity contribution in [3.05, 3.63) is 141 Å². The van der Waals surface area contributed by atoms with Gasteiger partial charge in [-0.1, -0.05) is 98.9 Å². The fourth-order valence-corrected chi connectivity index (χ4v) is 13.6. The molecule has 2 aromatic carbocycles. The number of fused-ring (bicyclic) bond motifs is 2. The Hall–Kier alpha value is -5.69. The van der Waals surface area contributed by atoms with Gasteiger partial charge in [0.05, 0.1) is 35.6 Å². The topological polar surface area (TPSA) is 180 Å². The number of rotatable bonds is 28. The van der Waals surface area contributed by atoms with Gasteiger partial charge in [-0.15, -0.1) is 0 Å². The van der Waals surface area contributed by atoms with Gasteiger partial charge in [0.15, 0.2) is 34.8 Å². The van der Waals surface area contributed by atoms with Gasteiger partial charge in [-0.25, -0.2) is 17.6 Å². The van der Waals surface area contributed by atoms with Crippen LogP contribution < -0.4 is 21.7 Å². The van der Waals surface area contributed by atoms with Crippen molar-refractivity contribution in [1.82, 2.24) is 35.7 Å². The third-order valence-corrected chi connectivity index (χ3v) is 19.3. The largest absolute Gasteiger partial charge is 0.345 e. The van der Waals surface area contributed by atoms with Crippen LogP contribution in [0.15, 0.2) is 73.1 Å². The maximum absolute atomic E-state index is 14.1. The molecule has 5 N–H and O–H groups in total. The number of benzene rings is 2. The molecule has 4 heterocycles. The van der Waals surface area contributed by atoms with E-state index >= 15 is 0 Å². The molecule has 0 radical (unpaired) electrons. The van der Waals surface area contributed by atoms with E-state index in [2.05, 4.69) is 35.7 Å². The molecule has 2 aromatic heterocycles. The number of allylic oxidation sites excluding steroid dienone is 2. The molecule has 2 saturated carbocycles. The van der Waals surface area contributed by atoms with Gasteiger partial charge < -0.3 is 31.5 Å². The molecule has 4 aromatic rings. The second-order valence-corrected chi connectivity index (χ2v) is 26.5. The fourth-order valence-electron chi connectivity index (χ4n) is 13.1. The highest BCUT2D eigenvalue weighted by Gasteiger charge is 2.30. The highest BCUT2D eigenvalue weighted by molar-refractivity contribution is 6.49. The number of nitrogens with zero attached hydrogens (tertiary/aromatic N) is 4. The first-order chi connectivity index (χ1) is 44.0. The summed E-state index contributed by atoms with van der Waals surface area (Å²) in [5.74, 6) is -4.39. The van der Waals surface area contributed by atoms with Gasteiger partial charge in [0.1, 0.15) is 5.78 Å². The highest BCUT2D eigenvalue weighted by atomic mass is 35.5. The first kappa shape index (κ1) is 71.2. The van der Waals surface area contributed by atoms with Gasteiger partial charge >= 0.3 is 0 Å². The minimum atomic E-state index is -0.996. The maximum atomic E-state index is 14.1. The number of likely N-dealkylation sites (tertiary alicyclic amines) is 2. The molecule has 2 aliphatic heterocycles. The summed E-state index contributed by atoms with van der Waals surface area (Å²) in [6, 6.07) is 8.41. The number of nitrogens with two attached hydrogens (primary N) is 1. The maximum Gasteiger partial charge on any atom is 0.237 e. The van der Waals surface area contributed by atoms with E-state index in [0.29, 0.717) is 65.5 Å². The van der Waals surface area contributed by atoms with Crippen LogP contribution in [0, 0.1) is 23.3 Å². The summed E-state index contributed by atoms with van der Waals surface area (Å²) < 4.78 is 55.1. The summed E-state index contributed by atoms with van der Waals surface area (Å²) >= 11 is 12.6. The fraction of sp³-hybridized carbons (Fsp3) is 0.569. The van der Waals surface area contributed by atoms with Crippen molar-refractivity contribution in [3.63, 3.8) is 0 Å². The number of pyridine rings is 2. The van der Waals surface area contributed by atoms with Crippen LogP contribution in [-0.2, 0) is 62.5 Å². The van der Waals surface area contributed by atoms with E-state index in [1.54, 1.807) is 12.4 Å². The van der Waals surface area contributed by atoms with E-state index in [-0.39, 0.29) is 49.2 Å². The number of aryl methyl sites for hydroxylation is 2. The SMILES string of the molecule is N[C@H](CCCCN1CCCCC1)C(=O)N[C@@H](Cc1ccc(F)c(F)c1)C(=O)CCc1cnc2c(c1)C(Cl)=CC2.O=C(CCc1cnc2c(c1)C(Cl)=CC2)[C@H](Cc1ccc(F)c(F)c1)NC(=O)[C@@H](CCCCN1CCCCC1)NC1CCCCC1.O=C1CCCCC1. The average Bonchev–Trinajstić information content (AvgIpc) is 2.14. The number of hydrogen-bond donors (Lipinski definition) is 4. The summed E-state index contributed by atoms with van der Waals surface area (Å²) in [5, 5.41) is 10.8. The molecule has 91 heavy (non-hydrogen) atoms. The number of carbonyl (C=O) groups is 5. The lowest BCUT2D eigenvalue weighted by molar-refractivity contribution is -0.129. The van der Waals surface area contributed by atoms with Crippen molar-refractivity contribution < 1.29 is 41.5 Å². The quantitative estimate of drug-likeness (QED) is 0.0314. The predicted octanol–water partition coefficient (Wildman–Crippen LogP) is 12.9. The number of aromatic nitrogens is 2. The Morgan fingerprint density at radius 2 is 0.989 bits per heavy atom. The van der Waals surface area contributed by atoms with Gasteiger partial charge in [0.25, 0.3) is 0 Å². The molecule has 4 fully saturated rings. The molecule has 0 spiro atoms. The second-order valence-electron chi connectivity index (χ2n) is 25.7. The Labute approximate surface area is 545 Å². The van der Waals surface area contributed by atoms with E-state index in [1.165, 1.54) is 63.5 Å². The third kappa shape index (κ3) is 23.4. The minimum absolute atomic E-state index is 0.0421. The Morgan fingerprint density at radius 3 is 1.45 bits per heavy atom. The van der Waals surface area contributed by atoms with Crippen molar-refractivity contribution >= 4 is 62.4 Å². The van der Waals surface area contributed by atoms with Gasteiger partial charge in [0, 0.05) is 78.2 Å². The van der Waals surface area contributed by atoms with Crippen LogP contribution in [0.1, 0.15) is 199 Å². The molecular weight excluding hydrogens is 1200 g/mol. The van der Waals surface area contributed by atoms with Crippen LogP contribution in [0.25, 0.3) is 10.1 Å². The van der Waals surface area contributed by atoms with Crippen molar-refractivity contribution in [2.24, 2.45) is 5.73 Å². The van der Waals surface area contributed by atoms with Crippen molar-refractivity contribution in [1.29, 1.82) is 0 Å². The number of piperidine rings is 2. The summed E-state index contributed by atoms with van der Waals surface area (Å²) in [7, 11) is 0. The molecule has 494 valence electrons. The molecule has 0 bridgehead atoms. The summed E-state index contributed by atoms with van der Waals surface area (Å²) in [4.78, 5) is 78.2. The van der Waals surface area contributed by atoms with E-state index in [9.17, 15) is 41.5 Å². The van der Waals surface area contributed by atoms with Crippen LogP contribution in [-0.4, -0.2) is 118 Å². The molecule has 19 heteroatoms. The van der Waals surface area contributed by atoms with Crippen LogP contribution >= 0.6 is 23.2 Å². The Kier molecular flexibility index (Phi) is 29.1. The lowest BCUT2D eigenvalue weighted by Crippen LogP contribution is -2.53. The number of unbranched alkanes of at least 4 members (excludes halogenated alkanes) is 2. The first-order valence-corrected chi connectivity index (χ1v) is 34.5. The van der Waals surface area contributed by atoms with Gasteiger partial charge in [-0.05, 0) is 201 Å². The van der Waals surface area contributed by atoms with Crippen LogP contribution in [0.5, 0.6) is 0 Å². The first-order valence-electron chi connectivity index (χ1n) is 33.7. The monoisotopic (exact) mass is 1300 g/mol. The summed E-state index contributed by atoms with van der Waals surface area (Å²) in [6.07, 6.45) is 33.4. The van der Waals surface area contributed by atoms with Gasteiger partial charge in [-0.3, -0.25) is 33.9 Å². The normalized spacial score (nSPS) is 18.2.